The van der Waals surface area contributed by atoms with Gasteiger partial charge >= 0.3 is 5.97 Å². The average molecular weight is 525 g/mol. The molecule has 5 atom stereocenters. The van der Waals surface area contributed by atoms with Crippen molar-refractivity contribution in [1.82, 2.24) is 4.90 Å². The minimum atomic E-state index is -0.839. The molecule has 8 heteroatoms. The number of benzene rings is 1. The first-order valence-corrected chi connectivity index (χ1v) is 14.3. The maximum Gasteiger partial charge on any atom is 0.311 e. The summed E-state index contributed by atoms with van der Waals surface area (Å²) < 4.78 is 4.79. The summed E-state index contributed by atoms with van der Waals surface area (Å²) in [5.41, 5.74) is 2.91. The standard InChI is InChI=1S/C29H36N2O5S/c1-19-11-9-12-20(2)24(19)30-16-10-14-29-23(22-21(37-29)13-5-3-8-18-36-28(22)35)26(33)31(25(29)27(30)34)15-6-4-7-17-32/h5,9-14,21-23,25,32H,3-4,6-8,15-18H2,1-2H3/b13-5-/t21-,22+,23-,25?,29-/m0/s1. The monoisotopic (exact) mass is 524 g/mol. The molecule has 37 heavy (non-hydrogen) atoms. The van der Waals surface area contributed by atoms with Crippen molar-refractivity contribution in [1.29, 1.82) is 0 Å². The number of aliphatic hydroxyl groups is 1. The number of hydrogen-bond donors (Lipinski definition) is 1. The second kappa shape index (κ2) is 10.7. The molecule has 0 saturated carbocycles. The first kappa shape index (κ1) is 26.0. The Labute approximate surface area is 222 Å². The molecule has 7 nitrogen and oxygen atoms in total. The zero-order chi connectivity index (χ0) is 26.2. The van der Waals surface area contributed by atoms with Crippen molar-refractivity contribution in [3.63, 3.8) is 0 Å². The van der Waals surface area contributed by atoms with Gasteiger partial charge in [-0.15, -0.1) is 11.8 Å². The molecule has 198 valence electrons. The third-order valence-corrected chi connectivity index (χ3v) is 9.86. The first-order valence-electron chi connectivity index (χ1n) is 13.4. The van der Waals surface area contributed by atoms with Gasteiger partial charge in [0.05, 0.1) is 23.2 Å². The molecule has 4 aliphatic rings. The summed E-state index contributed by atoms with van der Waals surface area (Å²) in [5.74, 6) is -1.85. The van der Waals surface area contributed by atoms with Crippen LogP contribution in [0.15, 0.2) is 42.5 Å². The smallest absolute Gasteiger partial charge is 0.311 e. The molecular weight excluding hydrogens is 488 g/mol. The number of carbonyl (C=O) groups excluding carboxylic acids is 3. The molecule has 4 aliphatic heterocycles. The molecular formula is C29H36N2O5S. The van der Waals surface area contributed by atoms with E-state index >= 15 is 0 Å². The van der Waals surface area contributed by atoms with E-state index in [1.165, 1.54) is 0 Å². The summed E-state index contributed by atoms with van der Waals surface area (Å²) in [7, 11) is 0. The number of amides is 2. The number of allylic oxidation sites excluding steroid dienone is 1. The largest absolute Gasteiger partial charge is 0.465 e. The predicted molar refractivity (Wildman–Crippen MR) is 144 cm³/mol. The van der Waals surface area contributed by atoms with Crippen LogP contribution in [-0.4, -0.2) is 70.1 Å². The molecule has 0 bridgehead atoms. The second-order valence-electron chi connectivity index (χ2n) is 10.5. The highest BCUT2D eigenvalue weighted by atomic mass is 32.2. The SMILES string of the molecule is Cc1cccc(C)c1N1CC=C[C@]23S[C@H]4/C=C\CCCOC(=O)[C@H]4[C@H]2C(=O)N(CCCCCO)C3C1=O. The number of likely N-dealkylation sites (tertiary alicyclic amines) is 1. The van der Waals surface area contributed by atoms with Gasteiger partial charge in [0.15, 0.2) is 0 Å². The van der Waals surface area contributed by atoms with Crippen LogP contribution in [0.2, 0.25) is 0 Å². The molecule has 1 N–H and O–H groups in total. The van der Waals surface area contributed by atoms with Crippen LogP contribution in [0, 0.1) is 25.7 Å². The van der Waals surface area contributed by atoms with Crippen LogP contribution < -0.4 is 4.90 Å². The van der Waals surface area contributed by atoms with Gasteiger partial charge in [-0.1, -0.05) is 42.5 Å². The van der Waals surface area contributed by atoms with Crippen LogP contribution in [-0.2, 0) is 19.1 Å². The minimum Gasteiger partial charge on any atom is -0.465 e. The maximum absolute atomic E-state index is 14.5. The molecule has 0 aliphatic carbocycles. The number of ether oxygens (including phenoxy) is 1. The van der Waals surface area contributed by atoms with E-state index in [0.717, 1.165) is 36.1 Å². The number of anilines is 1. The van der Waals surface area contributed by atoms with Gasteiger partial charge in [0.1, 0.15) is 6.04 Å². The molecule has 1 aromatic rings. The van der Waals surface area contributed by atoms with Gasteiger partial charge in [-0.05, 0) is 57.1 Å². The number of hydrogen-bond acceptors (Lipinski definition) is 6. The summed E-state index contributed by atoms with van der Waals surface area (Å²) in [6.45, 7) is 5.29. The molecule has 1 aromatic carbocycles. The quantitative estimate of drug-likeness (QED) is 0.348. The molecule has 4 heterocycles. The lowest BCUT2D eigenvalue weighted by atomic mass is 9.78. The number of thioether (sulfide) groups is 1. The van der Waals surface area contributed by atoms with Crippen LogP contribution >= 0.6 is 11.8 Å². The van der Waals surface area contributed by atoms with Crippen molar-refractivity contribution in [2.75, 3.05) is 31.2 Å². The molecule has 0 aromatic heterocycles. The van der Waals surface area contributed by atoms with Crippen molar-refractivity contribution in [3.8, 4) is 0 Å². The van der Waals surface area contributed by atoms with E-state index in [1.807, 2.05) is 49.1 Å². The van der Waals surface area contributed by atoms with Gasteiger partial charge in [0.25, 0.3) is 5.91 Å². The van der Waals surface area contributed by atoms with Gasteiger partial charge < -0.3 is 19.6 Å². The average Bonchev–Trinajstić information content (AvgIpc) is 3.28. The Bertz CT molecular complexity index is 1110. The topological polar surface area (TPSA) is 87.2 Å². The number of carbonyl (C=O) groups is 3. The van der Waals surface area contributed by atoms with E-state index in [4.69, 9.17) is 4.74 Å². The summed E-state index contributed by atoms with van der Waals surface area (Å²) in [6, 6.07) is 5.29. The normalized spacial score (nSPS) is 32.1. The molecule has 1 spiro atoms. The molecule has 5 rings (SSSR count). The molecule has 0 radical (unpaired) electrons. The Kier molecular flexibility index (Phi) is 7.50. The predicted octanol–water partition coefficient (Wildman–Crippen LogP) is 3.56. The zero-order valence-corrected chi connectivity index (χ0v) is 22.4. The summed E-state index contributed by atoms with van der Waals surface area (Å²) in [5, 5.41) is 9.02. The van der Waals surface area contributed by atoms with Crippen molar-refractivity contribution in [2.24, 2.45) is 11.8 Å². The van der Waals surface area contributed by atoms with Crippen LogP contribution in [0.5, 0.6) is 0 Å². The summed E-state index contributed by atoms with van der Waals surface area (Å²) in [4.78, 5) is 45.5. The Morgan fingerprint density at radius 2 is 1.86 bits per heavy atom. The van der Waals surface area contributed by atoms with E-state index in [2.05, 4.69) is 12.2 Å². The highest BCUT2D eigenvalue weighted by molar-refractivity contribution is 8.02. The van der Waals surface area contributed by atoms with Crippen LogP contribution in [0.3, 0.4) is 0 Å². The Morgan fingerprint density at radius 1 is 1.08 bits per heavy atom. The number of cyclic esters (lactones) is 1. The van der Waals surface area contributed by atoms with Crippen molar-refractivity contribution >= 4 is 35.2 Å². The van der Waals surface area contributed by atoms with E-state index in [9.17, 15) is 19.5 Å². The zero-order valence-electron chi connectivity index (χ0n) is 21.6. The fraction of sp³-hybridized carbons (Fsp3) is 0.552. The van der Waals surface area contributed by atoms with E-state index < -0.39 is 22.6 Å². The van der Waals surface area contributed by atoms with Crippen LogP contribution in [0.1, 0.15) is 43.2 Å². The Morgan fingerprint density at radius 3 is 2.62 bits per heavy atom. The summed E-state index contributed by atoms with van der Waals surface area (Å²) >= 11 is 1.58. The van der Waals surface area contributed by atoms with Crippen molar-refractivity contribution in [2.45, 2.75) is 62.0 Å². The molecule has 2 saturated heterocycles. The second-order valence-corrected chi connectivity index (χ2v) is 12.0. The van der Waals surface area contributed by atoms with Gasteiger partial charge in [-0.3, -0.25) is 14.4 Å². The number of para-hydroxylation sites is 1. The van der Waals surface area contributed by atoms with E-state index in [0.29, 0.717) is 32.5 Å². The number of aryl methyl sites for hydroxylation is 2. The fourth-order valence-electron chi connectivity index (χ4n) is 6.50. The van der Waals surface area contributed by atoms with Crippen molar-refractivity contribution < 1.29 is 24.2 Å². The highest BCUT2D eigenvalue weighted by Crippen LogP contribution is 2.61. The highest BCUT2D eigenvalue weighted by Gasteiger charge is 2.70. The Balaban J connectivity index is 1.59. The lowest BCUT2D eigenvalue weighted by molar-refractivity contribution is -0.153. The maximum atomic E-state index is 14.5. The van der Waals surface area contributed by atoms with Gasteiger partial charge in [0, 0.05) is 30.6 Å². The number of rotatable bonds is 6. The van der Waals surface area contributed by atoms with Crippen LogP contribution in [0.25, 0.3) is 0 Å². The molecule has 2 fully saturated rings. The lowest BCUT2D eigenvalue weighted by Crippen LogP contribution is -2.53. The van der Waals surface area contributed by atoms with Crippen molar-refractivity contribution in [3.05, 3.63) is 53.6 Å². The van der Waals surface area contributed by atoms with E-state index in [1.54, 1.807) is 16.7 Å². The fourth-order valence-corrected chi connectivity index (χ4v) is 8.50. The minimum absolute atomic E-state index is 0.100. The van der Waals surface area contributed by atoms with Gasteiger partial charge in [0.2, 0.25) is 5.91 Å². The van der Waals surface area contributed by atoms with Gasteiger partial charge in [-0.25, -0.2) is 0 Å². The number of nitrogens with zero attached hydrogens (tertiary/aromatic N) is 2. The third-order valence-electron chi connectivity index (χ3n) is 8.12. The first-order chi connectivity index (χ1) is 17.9. The number of esters is 1. The molecule has 2 amide bonds. The Hall–Kier alpha value is -2.58. The number of fused-ring (bicyclic) bond motifs is 2. The number of unbranched alkanes of at least 4 members (excludes halogenated alkanes) is 2. The number of aliphatic hydroxyl groups excluding tert-OH is 1. The summed E-state index contributed by atoms with van der Waals surface area (Å²) in [6.07, 6.45) is 11.9. The lowest BCUT2D eigenvalue weighted by Gasteiger charge is -2.36. The van der Waals surface area contributed by atoms with Gasteiger partial charge in [-0.2, -0.15) is 0 Å². The third kappa shape index (κ3) is 4.42. The van der Waals surface area contributed by atoms with E-state index in [-0.39, 0.29) is 29.6 Å². The molecule has 1 unspecified atom stereocenters. The van der Waals surface area contributed by atoms with Crippen LogP contribution in [0.4, 0.5) is 5.69 Å².